The number of carboxylic acid groups (broad SMARTS) is 1. The number of carboxylic acids is 1. The van der Waals surface area contributed by atoms with Crippen LogP contribution in [-0.2, 0) is 9.59 Å². The first-order chi connectivity index (χ1) is 10.2. The molecule has 0 unspecified atom stereocenters. The Morgan fingerprint density at radius 1 is 1.18 bits per heavy atom. The van der Waals surface area contributed by atoms with Gasteiger partial charge in [-0.3, -0.25) is 4.79 Å². The van der Waals surface area contributed by atoms with Crippen LogP contribution in [0.4, 0.5) is 0 Å². The van der Waals surface area contributed by atoms with Gasteiger partial charge in [0.05, 0.1) is 5.57 Å². The van der Waals surface area contributed by atoms with Crippen LogP contribution in [0.3, 0.4) is 0 Å². The molecule has 1 aromatic carbocycles. The van der Waals surface area contributed by atoms with E-state index in [0.717, 1.165) is 5.56 Å². The molecule has 0 bridgehead atoms. The summed E-state index contributed by atoms with van der Waals surface area (Å²) in [4.78, 5) is 24.4. The van der Waals surface area contributed by atoms with Crippen LogP contribution in [0.15, 0.2) is 51.8 Å². The predicted molar refractivity (Wildman–Crippen MR) is 93.4 cm³/mol. The molecule has 0 saturated heterocycles. The van der Waals surface area contributed by atoms with Crippen LogP contribution in [0.2, 0.25) is 5.02 Å². The van der Waals surface area contributed by atoms with Gasteiger partial charge in [-0.2, -0.15) is 10.0 Å². The maximum atomic E-state index is 12.5. The molecule has 5 heteroatoms. The molecule has 1 aromatic rings. The predicted octanol–water partition coefficient (Wildman–Crippen LogP) is 4.24. The molecule has 0 amide bonds. The Labute approximate surface area is 136 Å². The van der Waals surface area contributed by atoms with Gasteiger partial charge in [-0.05, 0) is 54.2 Å². The lowest BCUT2D eigenvalue weighted by Crippen LogP contribution is -2.05. The normalized spacial score (nSPS) is 18.5. The number of carbonyl (C=O) groups is 2. The molecule has 0 fully saturated rings. The van der Waals surface area contributed by atoms with Crippen LogP contribution in [0.1, 0.15) is 12.5 Å². The minimum absolute atomic E-state index is 0.139. The Hall–Kier alpha value is -1.78. The summed E-state index contributed by atoms with van der Waals surface area (Å²) >= 11 is 5.82. The van der Waals surface area contributed by atoms with Crippen LogP contribution in [0, 0.1) is 0 Å². The van der Waals surface area contributed by atoms with Gasteiger partial charge in [0.2, 0.25) is 0 Å². The van der Waals surface area contributed by atoms with Crippen molar-refractivity contribution in [2.24, 2.45) is 0 Å². The van der Waals surface area contributed by atoms with E-state index < -0.39 is 16.0 Å². The van der Waals surface area contributed by atoms with Crippen molar-refractivity contribution in [3.63, 3.8) is 0 Å². The first-order valence-electron chi connectivity index (χ1n) is 6.60. The number of allylic oxidation sites excluding steroid dienone is 2. The van der Waals surface area contributed by atoms with Gasteiger partial charge in [0.25, 0.3) is 0 Å². The fraction of sp³-hybridized carbons (Fsp3) is 0.176. The zero-order valence-corrected chi connectivity index (χ0v) is 14.2. The van der Waals surface area contributed by atoms with E-state index in [-0.39, 0.29) is 11.4 Å². The summed E-state index contributed by atoms with van der Waals surface area (Å²) in [6.07, 6.45) is 7.06. The summed E-state index contributed by atoms with van der Waals surface area (Å²) in [5.74, 6) is -1.12. The molecular weight excluding hydrogens is 320 g/mol. The van der Waals surface area contributed by atoms with Crippen molar-refractivity contribution in [3.8, 4) is 0 Å². The molecule has 1 aliphatic heterocycles. The molecule has 1 aliphatic rings. The summed E-state index contributed by atoms with van der Waals surface area (Å²) < 4.78 is 0. The number of hydrogen-bond acceptors (Lipinski definition) is 2. The number of carbonyl (C=O) groups excluding carboxylic acids is 1. The quantitative estimate of drug-likeness (QED) is 0.836. The van der Waals surface area contributed by atoms with Gasteiger partial charge in [0.1, 0.15) is 0 Å². The molecule has 0 atom stereocenters. The third kappa shape index (κ3) is 3.34. The lowest BCUT2D eigenvalue weighted by Gasteiger charge is -2.25. The van der Waals surface area contributed by atoms with Crippen LogP contribution in [-0.4, -0.2) is 29.4 Å². The van der Waals surface area contributed by atoms with E-state index in [1.54, 1.807) is 30.5 Å². The molecule has 0 saturated carbocycles. The van der Waals surface area contributed by atoms with Crippen LogP contribution < -0.4 is 0 Å². The minimum Gasteiger partial charge on any atom is -0.478 e. The summed E-state index contributed by atoms with van der Waals surface area (Å²) in [6, 6.07) is 7.15. The van der Waals surface area contributed by atoms with Gasteiger partial charge < -0.3 is 5.11 Å². The maximum absolute atomic E-state index is 12.5. The van der Waals surface area contributed by atoms with Crippen LogP contribution in [0.5, 0.6) is 0 Å². The van der Waals surface area contributed by atoms with Crippen molar-refractivity contribution >= 4 is 39.5 Å². The Morgan fingerprint density at radius 2 is 1.77 bits per heavy atom. The SMILES string of the molecule is CC1=C(C(=O)C=Cc2ccc(Cl)cc2)S(C)(C)C=C1C(=O)O. The monoisotopic (exact) mass is 336 g/mol. The van der Waals surface area contributed by atoms with Gasteiger partial charge in [-0.1, -0.05) is 29.8 Å². The Balaban J connectivity index is 2.29. The fourth-order valence-corrected chi connectivity index (χ4v) is 5.03. The fourth-order valence-electron chi connectivity index (χ4n) is 2.44. The molecule has 1 heterocycles. The number of aliphatic carboxylic acids is 1. The highest BCUT2D eigenvalue weighted by Gasteiger charge is 2.33. The number of halogens is 1. The summed E-state index contributed by atoms with van der Waals surface area (Å²) in [6.45, 7) is 1.70. The number of benzene rings is 1. The molecule has 0 spiro atoms. The van der Waals surface area contributed by atoms with Crippen molar-refractivity contribution < 1.29 is 14.7 Å². The second kappa shape index (κ2) is 6.15. The van der Waals surface area contributed by atoms with Gasteiger partial charge >= 0.3 is 5.97 Å². The first kappa shape index (κ1) is 16.6. The highest BCUT2D eigenvalue weighted by molar-refractivity contribution is 8.39. The molecular formula is C17H17ClO3S. The molecule has 0 radical (unpaired) electrons. The average molecular weight is 337 g/mol. The molecule has 2 rings (SSSR count). The van der Waals surface area contributed by atoms with Crippen molar-refractivity contribution in [2.75, 3.05) is 12.5 Å². The number of ketones is 1. The highest BCUT2D eigenvalue weighted by atomic mass is 35.5. The standard InChI is InChI=1S/C17H17ClO3S/c1-11-14(17(20)21)10-22(2,3)16(11)15(19)9-6-12-4-7-13(18)8-5-12/h4-10H,1-3H3,(H,20,21). The summed E-state index contributed by atoms with van der Waals surface area (Å²) in [5.41, 5.74) is 1.68. The zero-order valence-electron chi connectivity index (χ0n) is 12.6. The van der Waals surface area contributed by atoms with Crippen molar-refractivity contribution in [1.82, 2.24) is 0 Å². The Bertz CT molecular complexity index is 725. The average Bonchev–Trinajstić information content (AvgIpc) is 2.68. The number of rotatable bonds is 4. The lowest BCUT2D eigenvalue weighted by atomic mass is 10.1. The number of hydrogen-bond donors (Lipinski definition) is 1. The van der Waals surface area contributed by atoms with E-state index in [9.17, 15) is 14.7 Å². The highest BCUT2D eigenvalue weighted by Crippen LogP contribution is 2.58. The van der Waals surface area contributed by atoms with E-state index >= 15 is 0 Å². The molecule has 22 heavy (non-hydrogen) atoms. The second-order valence-corrected chi connectivity index (χ2v) is 9.34. The topological polar surface area (TPSA) is 54.4 Å². The van der Waals surface area contributed by atoms with Crippen molar-refractivity contribution in [3.05, 3.63) is 62.4 Å². The van der Waals surface area contributed by atoms with E-state index in [1.165, 1.54) is 6.08 Å². The van der Waals surface area contributed by atoms with Gasteiger partial charge in [0, 0.05) is 9.93 Å². The van der Waals surface area contributed by atoms with E-state index in [2.05, 4.69) is 0 Å². The zero-order chi connectivity index (χ0) is 16.5. The van der Waals surface area contributed by atoms with E-state index in [0.29, 0.717) is 15.5 Å². The Kier molecular flexibility index (Phi) is 4.63. The maximum Gasteiger partial charge on any atom is 0.336 e. The van der Waals surface area contributed by atoms with Crippen LogP contribution in [0.25, 0.3) is 6.08 Å². The summed E-state index contributed by atoms with van der Waals surface area (Å²) in [7, 11) is -1.53. The second-order valence-electron chi connectivity index (χ2n) is 5.45. The summed E-state index contributed by atoms with van der Waals surface area (Å²) in [5, 5.41) is 11.6. The van der Waals surface area contributed by atoms with Gasteiger partial charge in [-0.15, -0.1) is 0 Å². The largest absolute Gasteiger partial charge is 0.478 e. The third-order valence-corrected chi connectivity index (χ3v) is 6.07. The van der Waals surface area contributed by atoms with Gasteiger partial charge in [0.15, 0.2) is 5.78 Å². The van der Waals surface area contributed by atoms with Gasteiger partial charge in [-0.25, -0.2) is 4.79 Å². The smallest absolute Gasteiger partial charge is 0.336 e. The molecule has 3 nitrogen and oxygen atoms in total. The van der Waals surface area contributed by atoms with E-state index in [1.807, 2.05) is 24.6 Å². The lowest BCUT2D eigenvalue weighted by molar-refractivity contribution is -0.132. The first-order valence-corrected chi connectivity index (χ1v) is 9.49. The Morgan fingerprint density at radius 3 is 2.27 bits per heavy atom. The third-order valence-electron chi connectivity index (χ3n) is 3.43. The molecule has 1 N–H and O–H groups in total. The van der Waals surface area contributed by atoms with Crippen molar-refractivity contribution in [1.29, 1.82) is 0 Å². The van der Waals surface area contributed by atoms with Crippen molar-refractivity contribution in [2.45, 2.75) is 6.92 Å². The molecule has 116 valence electrons. The van der Waals surface area contributed by atoms with E-state index in [4.69, 9.17) is 11.6 Å². The molecule has 0 aliphatic carbocycles. The minimum atomic E-state index is -1.53. The van der Waals surface area contributed by atoms with Crippen LogP contribution >= 0.6 is 21.6 Å². The molecule has 0 aromatic heterocycles.